The number of ether oxygens (including phenoxy) is 1. The number of nitrogens with one attached hydrogen (secondary N) is 1. The Balaban J connectivity index is 2.38. The summed E-state index contributed by atoms with van der Waals surface area (Å²) in [5.74, 6) is 0.388. The maximum absolute atomic E-state index is 11.0. The number of pyridine rings is 1. The number of nitrogens with zero attached hydrogens (tertiary/aromatic N) is 1. The lowest BCUT2D eigenvalue weighted by atomic mass is 10.2. The lowest BCUT2D eigenvalue weighted by Crippen LogP contribution is -2.26. The molecule has 1 amide bonds. The SMILES string of the molecule is CCc1cnc2c(c1)NC(=O)CO2. The second-order valence-electron chi connectivity index (χ2n) is 2.89. The van der Waals surface area contributed by atoms with Crippen molar-refractivity contribution in [1.82, 2.24) is 4.98 Å². The van der Waals surface area contributed by atoms with Gasteiger partial charge in [-0.3, -0.25) is 4.79 Å². The Morgan fingerprint density at radius 3 is 3.31 bits per heavy atom. The van der Waals surface area contributed by atoms with E-state index in [1.54, 1.807) is 6.20 Å². The van der Waals surface area contributed by atoms with Gasteiger partial charge in [-0.1, -0.05) is 6.92 Å². The molecule has 1 aliphatic heterocycles. The van der Waals surface area contributed by atoms with Gasteiger partial charge in [0.1, 0.15) is 5.69 Å². The molecule has 4 nitrogen and oxygen atoms in total. The van der Waals surface area contributed by atoms with Gasteiger partial charge in [-0.2, -0.15) is 0 Å². The molecule has 0 saturated carbocycles. The molecular weight excluding hydrogens is 168 g/mol. The van der Waals surface area contributed by atoms with Crippen molar-refractivity contribution >= 4 is 11.6 Å². The summed E-state index contributed by atoms with van der Waals surface area (Å²) >= 11 is 0. The molecule has 0 radical (unpaired) electrons. The van der Waals surface area contributed by atoms with Crippen molar-refractivity contribution in [2.45, 2.75) is 13.3 Å². The first kappa shape index (κ1) is 8.04. The first-order valence-corrected chi connectivity index (χ1v) is 4.21. The fourth-order valence-electron chi connectivity index (χ4n) is 1.21. The van der Waals surface area contributed by atoms with Crippen LogP contribution in [0.5, 0.6) is 5.88 Å². The molecule has 0 spiro atoms. The summed E-state index contributed by atoms with van der Waals surface area (Å²) in [6.07, 6.45) is 2.66. The number of aryl methyl sites for hydroxylation is 1. The van der Waals surface area contributed by atoms with Gasteiger partial charge in [0.15, 0.2) is 6.61 Å². The van der Waals surface area contributed by atoms with Gasteiger partial charge in [0, 0.05) is 6.20 Å². The number of carbonyl (C=O) groups excluding carboxylic acids is 1. The van der Waals surface area contributed by atoms with E-state index in [4.69, 9.17) is 4.74 Å². The molecule has 1 aliphatic rings. The van der Waals surface area contributed by atoms with E-state index in [9.17, 15) is 4.79 Å². The normalized spacial score (nSPS) is 14.4. The molecule has 1 aromatic heterocycles. The fourth-order valence-corrected chi connectivity index (χ4v) is 1.21. The molecule has 0 fully saturated rings. The first-order chi connectivity index (χ1) is 6.29. The average Bonchev–Trinajstić information content (AvgIpc) is 2.16. The maximum atomic E-state index is 11.0. The van der Waals surface area contributed by atoms with E-state index in [-0.39, 0.29) is 12.5 Å². The Labute approximate surface area is 75.9 Å². The van der Waals surface area contributed by atoms with Crippen LogP contribution in [0.15, 0.2) is 12.3 Å². The predicted molar refractivity (Wildman–Crippen MR) is 47.7 cm³/mol. The van der Waals surface area contributed by atoms with Gasteiger partial charge in [-0.25, -0.2) is 4.98 Å². The molecule has 2 rings (SSSR count). The molecule has 0 saturated heterocycles. The van der Waals surface area contributed by atoms with Crippen molar-refractivity contribution in [2.24, 2.45) is 0 Å². The average molecular weight is 178 g/mol. The van der Waals surface area contributed by atoms with Gasteiger partial charge in [0.25, 0.3) is 5.91 Å². The Kier molecular flexibility index (Phi) is 1.88. The van der Waals surface area contributed by atoms with Gasteiger partial charge in [0.05, 0.1) is 0 Å². The number of anilines is 1. The van der Waals surface area contributed by atoms with Gasteiger partial charge in [0.2, 0.25) is 5.88 Å². The lowest BCUT2D eigenvalue weighted by Gasteiger charge is -2.16. The molecule has 0 bridgehead atoms. The predicted octanol–water partition coefficient (Wildman–Crippen LogP) is 0.975. The molecule has 0 unspecified atom stereocenters. The van der Waals surface area contributed by atoms with Crippen molar-refractivity contribution < 1.29 is 9.53 Å². The van der Waals surface area contributed by atoms with Crippen LogP contribution >= 0.6 is 0 Å². The smallest absolute Gasteiger partial charge is 0.262 e. The van der Waals surface area contributed by atoms with Crippen LogP contribution in [0.25, 0.3) is 0 Å². The molecule has 0 atom stereocenters. The summed E-state index contributed by atoms with van der Waals surface area (Å²) in [6, 6.07) is 1.89. The number of carbonyl (C=O) groups is 1. The lowest BCUT2D eigenvalue weighted by molar-refractivity contribution is -0.118. The minimum atomic E-state index is -0.123. The highest BCUT2D eigenvalue weighted by Gasteiger charge is 2.16. The Hall–Kier alpha value is -1.58. The Morgan fingerprint density at radius 1 is 1.69 bits per heavy atom. The van der Waals surface area contributed by atoms with Crippen LogP contribution in [-0.4, -0.2) is 17.5 Å². The summed E-state index contributed by atoms with van der Waals surface area (Å²) in [5.41, 5.74) is 1.76. The highest BCUT2D eigenvalue weighted by molar-refractivity contribution is 5.94. The largest absolute Gasteiger partial charge is 0.466 e. The van der Waals surface area contributed by atoms with Crippen LogP contribution < -0.4 is 10.1 Å². The summed E-state index contributed by atoms with van der Waals surface area (Å²) in [7, 11) is 0. The van der Waals surface area contributed by atoms with Crippen molar-refractivity contribution in [3.8, 4) is 5.88 Å². The monoisotopic (exact) mass is 178 g/mol. The highest BCUT2D eigenvalue weighted by atomic mass is 16.5. The van der Waals surface area contributed by atoms with E-state index in [2.05, 4.69) is 10.3 Å². The third-order valence-electron chi connectivity index (χ3n) is 1.93. The fraction of sp³-hybridized carbons (Fsp3) is 0.333. The van der Waals surface area contributed by atoms with Gasteiger partial charge in [-0.15, -0.1) is 0 Å². The van der Waals surface area contributed by atoms with Crippen LogP contribution in [-0.2, 0) is 11.2 Å². The van der Waals surface area contributed by atoms with Crippen LogP contribution in [0.3, 0.4) is 0 Å². The van der Waals surface area contributed by atoms with Crippen molar-refractivity contribution in [3.63, 3.8) is 0 Å². The molecule has 0 aliphatic carbocycles. The number of rotatable bonds is 1. The topological polar surface area (TPSA) is 51.2 Å². The molecule has 0 aromatic carbocycles. The van der Waals surface area contributed by atoms with E-state index in [1.165, 1.54) is 0 Å². The first-order valence-electron chi connectivity index (χ1n) is 4.21. The second kappa shape index (κ2) is 3.05. The van der Waals surface area contributed by atoms with Gasteiger partial charge >= 0.3 is 0 Å². The zero-order chi connectivity index (χ0) is 9.26. The van der Waals surface area contributed by atoms with E-state index in [0.29, 0.717) is 11.6 Å². The second-order valence-corrected chi connectivity index (χ2v) is 2.89. The number of aromatic nitrogens is 1. The Morgan fingerprint density at radius 2 is 2.54 bits per heavy atom. The van der Waals surface area contributed by atoms with E-state index in [0.717, 1.165) is 12.0 Å². The van der Waals surface area contributed by atoms with E-state index < -0.39 is 0 Å². The van der Waals surface area contributed by atoms with Crippen LogP contribution in [0.2, 0.25) is 0 Å². The molecule has 1 aromatic rings. The number of amides is 1. The minimum Gasteiger partial charge on any atom is -0.466 e. The maximum Gasteiger partial charge on any atom is 0.262 e. The van der Waals surface area contributed by atoms with Crippen molar-refractivity contribution in [1.29, 1.82) is 0 Å². The molecule has 2 heterocycles. The standard InChI is InChI=1S/C9H10N2O2/c1-2-6-3-7-9(10-4-6)13-5-8(12)11-7/h3-4H,2,5H2,1H3,(H,11,12). The molecule has 68 valence electrons. The Bertz CT molecular complexity index is 349. The third-order valence-corrected chi connectivity index (χ3v) is 1.93. The molecule has 1 N–H and O–H groups in total. The van der Waals surface area contributed by atoms with Crippen LogP contribution in [0, 0.1) is 0 Å². The summed E-state index contributed by atoms with van der Waals surface area (Å²) in [5, 5.41) is 2.71. The summed E-state index contributed by atoms with van der Waals surface area (Å²) in [6.45, 7) is 2.10. The molecule has 4 heteroatoms. The van der Waals surface area contributed by atoms with Gasteiger partial charge in [-0.05, 0) is 18.1 Å². The van der Waals surface area contributed by atoms with Crippen LogP contribution in [0.1, 0.15) is 12.5 Å². The molecule has 13 heavy (non-hydrogen) atoms. The van der Waals surface area contributed by atoms with Gasteiger partial charge < -0.3 is 10.1 Å². The zero-order valence-electron chi connectivity index (χ0n) is 7.33. The highest BCUT2D eigenvalue weighted by Crippen LogP contribution is 2.25. The van der Waals surface area contributed by atoms with Crippen molar-refractivity contribution in [2.75, 3.05) is 11.9 Å². The third kappa shape index (κ3) is 1.47. The van der Waals surface area contributed by atoms with Crippen LogP contribution in [0.4, 0.5) is 5.69 Å². The summed E-state index contributed by atoms with van der Waals surface area (Å²) in [4.78, 5) is 15.0. The van der Waals surface area contributed by atoms with E-state index in [1.807, 2.05) is 13.0 Å². The minimum absolute atomic E-state index is 0.0610. The summed E-state index contributed by atoms with van der Waals surface area (Å²) < 4.78 is 5.11. The number of hydrogen-bond acceptors (Lipinski definition) is 3. The quantitative estimate of drug-likeness (QED) is 0.697. The molecular formula is C9H10N2O2. The number of hydrogen-bond donors (Lipinski definition) is 1. The van der Waals surface area contributed by atoms with Crippen molar-refractivity contribution in [3.05, 3.63) is 17.8 Å². The van der Waals surface area contributed by atoms with E-state index >= 15 is 0 Å². The number of fused-ring (bicyclic) bond motifs is 1. The zero-order valence-corrected chi connectivity index (χ0v) is 7.33.